The Labute approximate surface area is 178 Å². The van der Waals surface area contributed by atoms with E-state index in [1.54, 1.807) is 16.9 Å². The molecule has 4 aromatic rings. The number of rotatable bonds is 5. The number of hydrogen-bond acceptors (Lipinski definition) is 4. The zero-order chi connectivity index (χ0) is 22.1. The lowest BCUT2D eigenvalue weighted by molar-refractivity contribution is -0.117. The van der Waals surface area contributed by atoms with Crippen molar-refractivity contribution in [3.05, 3.63) is 82.2 Å². The van der Waals surface area contributed by atoms with Crippen molar-refractivity contribution in [1.82, 2.24) is 19.6 Å². The minimum Gasteiger partial charge on any atom is -0.324 e. The van der Waals surface area contributed by atoms with Crippen LogP contribution in [0.4, 0.5) is 10.1 Å². The van der Waals surface area contributed by atoms with E-state index >= 15 is 0 Å². The summed E-state index contributed by atoms with van der Waals surface area (Å²) in [4.78, 5) is 25.9. The van der Waals surface area contributed by atoms with Crippen LogP contribution in [0.1, 0.15) is 31.0 Å². The van der Waals surface area contributed by atoms with Crippen LogP contribution in [0.3, 0.4) is 0 Å². The number of benzene rings is 2. The Morgan fingerprint density at radius 1 is 1.16 bits per heavy atom. The lowest BCUT2D eigenvalue weighted by Gasteiger charge is -2.13. The molecule has 0 spiro atoms. The third-order valence-electron chi connectivity index (χ3n) is 5.00. The fraction of sp³-hybridized carbons (Fsp3) is 0.217. The molecule has 0 fully saturated rings. The van der Waals surface area contributed by atoms with E-state index in [4.69, 9.17) is 0 Å². The molecule has 0 aliphatic rings. The third-order valence-corrected chi connectivity index (χ3v) is 5.00. The molecule has 1 amide bonds. The summed E-state index contributed by atoms with van der Waals surface area (Å²) in [6.07, 6.45) is 1.64. The molecular formula is C23H22FN5O2. The molecule has 31 heavy (non-hydrogen) atoms. The number of nitrogens with one attached hydrogen (secondary N) is 1. The van der Waals surface area contributed by atoms with E-state index in [0.717, 1.165) is 15.9 Å². The molecule has 2 heterocycles. The first kappa shape index (κ1) is 20.5. The Balaban J connectivity index is 1.80. The number of anilines is 1. The summed E-state index contributed by atoms with van der Waals surface area (Å²) in [5.41, 5.74) is 2.68. The molecule has 2 aromatic carbocycles. The van der Waals surface area contributed by atoms with E-state index in [1.165, 1.54) is 18.2 Å². The molecule has 1 N–H and O–H groups in total. The third kappa shape index (κ3) is 3.96. The summed E-state index contributed by atoms with van der Waals surface area (Å²) in [7, 11) is 0. The second-order valence-electron chi connectivity index (χ2n) is 7.67. The summed E-state index contributed by atoms with van der Waals surface area (Å²) in [6.45, 7) is 5.57. The Morgan fingerprint density at radius 3 is 2.65 bits per heavy atom. The van der Waals surface area contributed by atoms with Crippen molar-refractivity contribution in [1.29, 1.82) is 0 Å². The van der Waals surface area contributed by atoms with Gasteiger partial charge in [-0.15, -0.1) is 0 Å². The number of carbonyl (C=O) groups excluding carboxylic acids is 1. The maximum Gasteiger partial charge on any atom is 0.293 e. The van der Waals surface area contributed by atoms with Crippen LogP contribution in [0, 0.1) is 12.7 Å². The van der Waals surface area contributed by atoms with Gasteiger partial charge in [0.1, 0.15) is 17.9 Å². The van der Waals surface area contributed by atoms with Crippen molar-refractivity contribution in [2.75, 3.05) is 5.32 Å². The minimum atomic E-state index is -0.476. The highest BCUT2D eigenvalue weighted by Gasteiger charge is 2.20. The van der Waals surface area contributed by atoms with Crippen LogP contribution >= 0.6 is 0 Å². The predicted molar refractivity (Wildman–Crippen MR) is 117 cm³/mol. The number of fused-ring (bicyclic) bond motifs is 1. The highest BCUT2D eigenvalue weighted by atomic mass is 19.1. The van der Waals surface area contributed by atoms with Gasteiger partial charge in [-0.1, -0.05) is 38.1 Å². The molecule has 0 aliphatic carbocycles. The van der Waals surface area contributed by atoms with Crippen LogP contribution in [0.5, 0.6) is 0 Å². The number of amides is 1. The molecule has 0 radical (unpaired) electrons. The minimum absolute atomic E-state index is 0.00940. The number of nitrogens with zero attached hydrogens (tertiary/aromatic N) is 4. The molecule has 7 nitrogen and oxygen atoms in total. The van der Waals surface area contributed by atoms with E-state index in [9.17, 15) is 14.0 Å². The number of aryl methyl sites for hydroxylation is 1. The van der Waals surface area contributed by atoms with Crippen LogP contribution in [-0.2, 0) is 11.3 Å². The Bertz CT molecular complexity index is 1340. The molecular weight excluding hydrogens is 397 g/mol. The maximum absolute atomic E-state index is 13.4. The van der Waals surface area contributed by atoms with Crippen molar-refractivity contribution >= 4 is 22.5 Å². The molecule has 0 saturated carbocycles. The smallest absolute Gasteiger partial charge is 0.293 e. The summed E-state index contributed by atoms with van der Waals surface area (Å²) >= 11 is 0. The molecule has 0 atom stereocenters. The molecule has 0 saturated heterocycles. The molecule has 0 aliphatic heterocycles. The second kappa shape index (κ2) is 8.14. The van der Waals surface area contributed by atoms with Crippen molar-refractivity contribution in [3.63, 3.8) is 0 Å². The topological polar surface area (TPSA) is 81.8 Å². The van der Waals surface area contributed by atoms with Crippen molar-refractivity contribution in [2.24, 2.45) is 0 Å². The largest absolute Gasteiger partial charge is 0.324 e. The van der Waals surface area contributed by atoms with Gasteiger partial charge in [0.2, 0.25) is 5.91 Å². The van der Waals surface area contributed by atoms with E-state index in [0.29, 0.717) is 22.3 Å². The van der Waals surface area contributed by atoms with Crippen LogP contribution in [0.15, 0.2) is 59.5 Å². The molecule has 0 unspecified atom stereocenters. The standard InChI is InChI=1S/C23H22FN5O2/c1-14(2)21-18-12-25-29(19-10-5-4-7-15(19)3)22(18)23(31)28(27-21)13-20(30)26-17-9-6-8-16(24)11-17/h4-12,14H,13H2,1-3H3,(H,26,30). The van der Waals surface area contributed by atoms with E-state index in [1.807, 2.05) is 45.0 Å². The number of halogens is 1. The van der Waals surface area contributed by atoms with Gasteiger partial charge in [-0.25, -0.2) is 13.8 Å². The highest BCUT2D eigenvalue weighted by molar-refractivity contribution is 5.90. The highest BCUT2D eigenvalue weighted by Crippen LogP contribution is 2.24. The summed E-state index contributed by atoms with van der Waals surface area (Å²) in [6, 6.07) is 13.2. The lowest BCUT2D eigenvalue weighted by Crippen LogP contribution is -2.31. The zero-order valence-corrected chi connectivity index (χ0v) is 17.5. The Hall–Kier alpha value is -3.81. The fourth-order valence-electron chi connectivity index (χ4n) is 3.51. The predicted octanol–water partition coefficient (Wildman–Crippen LogP) is 3.79. The number of carbonyl (C=O) groups is 1. The molecule has 2 aromatic heterocycles. The second-order valence-corrected chi connectivity index (χ2v) is 7.67. The van der Waals surface area contributed by atoms with Gasteiger partial charge in [0.25, 0.3) is 5.56 Å². The van der Waals surface area contributed by atoms with Gasteiger partial charge in [-0.05, 0) is 42.7 Å². The molecule has 4 rings (SSSR count). The van der Waals surface area contributed by atoms with Gasteiger partial charge in [0.15, 0.2) is 0 Å². The maximum atomic E-state index is 13.4. The summed E-state index contributed by atoms with van der Waals surface area (Å²) in [5.74, 6) is -0.926. The number of aromatic nitrogens is 4. The first-order valence-electron chi connectivity index (χ1n) is 9.95. The van der Waals surface area contributed by atoms with Crippen LogP contribution < -0.4 is 10.9 Å². The van der Waals surface area contributed by atoms with Gasteiger partial charge in [-0.2, -0.15) is 10.2 Å². The molecule has 158 valence electrons. The fourth-order valence-corrected chi connectivity index (χ4v) is 3.51. The first-order chi connectivity index (χ1) is 14.8. The van der Waals surface area contributed by atoms with Crippen LogP contribution in [-0.4, -0.2) is 25.5 Å². The van der Waals surface area contributed by atoms with Gasteiger partial charge < -0.3 is 5.32 Å². The molecule has 8 heteroatoms. The van der Waals surface area contributed by atoms with Crippen molar-refractivity contribution in [3.8, 4) is 5.69 Å². The average molecular weight is 419 g/mol. The monoisotopic (exact) mass is 419 g/mol. The first-order valence-corrected chi connectivity index (χ1v) is 9.95. The number of hydrogen-bond donors (Lipinski definition) is 1. The van der Waals surface area contributed by atoms with E-state index in [-0.39, 0.29) is 12.5 Å². The summed E-state index contributed by atoms with van der Waals surface area (Å²) < 4.78 is 16.1. The quantitative estimate of drug-likeness (QED) is 0.534. The number of para-hydroxylation sites is 1. The zero-order valence-electron chi connectivity index (χ0n) is 17.5. The van der Waals surface area contributed by atoms with E-state index < -0.39 is 17.3 Å². The Kier molecular flexibility index (Phi) is 5.37. The van der Waals surface area contributed by atoms with Gasteiger partial charge in [0, 0.05) is 11.1 Å². The molecule has 0 bridgehead atoms. The van der Waals surface area contributed by atoms with Crippen LogP contribution in [0.25, 0.3) is 16.6 Å². The average Bonchev–Trinajstić information content (AvgIpc) is 3.15. The Morgan fingerprint density at radius 2 is 1.94 bits per heavy atom. The van der Waals surface area contributed by atoms with Gasteiger partial charge in [0.05, 0.1) is 17.6 Å². The van der Waals surface area contributed by atoms with Crippen LogP contribution in [0.2, 0.25) is 0 Å². The lowest BCUT2D eigenvalue weighted by atomic mass is 10.1. The van der Waals surface area contributed by atoms with Gasteiger partial charge >= 0.3 is 0 Å². The van der Waals surface area contributed by atoms with E-state index in [2.05, 4.69) is 15.5 Å². The normalized spacial score (nSPS) is 11.3. The SMILES string of the molecule is Cc1ccccc1-n1ncc2c(C(C)C)nn(CC(=O)Nc3cccc(F)c3)c(=O)c21. The van der Waals surface area contributed by atoms with Gasteiger partial charge in [-0.3, -0.25) is 9.59 Å². The van der Waals surface area contributed by atoms with Crippen molar-refractivity contribution in [2.45, 2.75) is 33.2 Å². The van der Waals surface area contributed by atoms with Crippen molar-refractivity contribution < 1.29 is 9.18 Å². The summed E-state index contributed by atoms with van der Waals surface area (Å²) in [5, 5.41) is 12.2.